The van der Waals surface area contributed by atoms with E-state index in [1.165, 1.54) is 12.1 Å². The first-order valence-electron chi connectivity index (χ1n) is 4.80. The van der Waals surface area contributed by atoms with Gasteiger partial charge in [0, 0.05) is 0 Å². The van der Waals surface area contributed by atoms with Crippen molar-refractivity contribution >= 4 is 0 Å². The SMILES string of the molecule is C=C(C)CC(O)c1cccc(C(F)(F)F)c1. The summed E-state index contributed by atoms with van der Waals surface area (Å²) >= 11 is 0. The molecule has 0 spiro atoms. The number of halogens is 3. The number of aliphatic hydroxyl groups is 1. The van der Waals surface area contributed by atoms with Crippen LogP contribution in [-0.2, 0) is 6.18 Å². The van der Waals surface area contributed by atoms with Gasteiger partial charge in [0.15, 0.2) is 0 Å². The van der Waals surface area contributed by atoms with Crippen molar-refractivity contribution in [3.05, 3.63) is 47.5 Å². The first-order chi connectivity index (χ1) is 7.30. The van der Waals surface area contributed by atoms with Crippen LogP contribution < -0.4 is 0 Å². The van der Waals surface area contributed by atoms with E-state index in [1.54, 1.807) is 6.92 Å². The molecule has 1 nitrogen and oxygen atoms in total. The van der Waals surface area contributed by atoms with Gasteiger partial charge in [-0.05, 0) is 31.0 Å². The molecule has 0 saturated heterocycles. The third-order valence-electron chi connectivity index (χ3n) is 2.14. The van der Waals surface area contributed by atoms with Crippen LogP contribution >= 0.6 is 0 Å². The summed E-state index contributed by atoms with van der Waals surface area (Å²) in [5, 5.41) is 9.65. The van der Waals surface area contributed by atoms with Crippen LogP contribution in [0.1, 0.15) is 30.6 Å². The van der Waals surface area contributed by atoms with Gasteiger partial charge in [-0.15, -0.1) is 6.58 Å². The lowest BCUT2D eigenvalue weighted by Gasteiger charge is -2.13. The van der Waals surface area contributed by atoms with E-state index < -0.39 is 17.8 Å². The van der Waals surface area contributed by atoms with Gasteiger partial charge in [0.05, 0.1) is 11.7 Å². The third-order valence-corrected chi connectivity index (χ3v) is 2.14. The lowest BCUT2D eigenvalue weighted by molar-refractivity contribution is -0.137. The van der Waals surface area contributed by atoms with E-state index in [0.717, 1.165) is 17.7 Å². The molecular formula is C12H13F3O. The molecule has 1 rings (SSSR count). The van der Waals surface area contributed by atoms with Crippen LogP contribution in [-0.4, -0.2) is 5.11 Å². The molecule has 0 aliphatic carbocycles. The Morgan fingerprint density at radius 2 is 2.06 bits per heavy atom. The first kappa shape index (κ1) is 12.8. The van der Waals surface area contributed by atoms with Crippen molar-refractivity contribution in [2.75, 3.05) is 0 Å². The second-order valence-electron chi connectivity index (χ2n) is 3.80. The molecule has 88 valence electrons. The summed E-state index contributed by atoms with van der Waals surface area (Å²) in [7, 11) is 0. The maximum absolute atomic E-state index is 12.4. The Hall–Kier alpha value is -1.29. The molecule has 0 aromatic heterocycles. The second kappa shape index (κ2) is 4.70. The summed E-state index contributed by atoms with van der Waals surface area (Å²) in [5.74, 6) is 0. The molecule has 4 heteroatoms. The van der Waals surface area contributed by atoms with Gasteiger partial charge in [-0.2, -0.15) is 13.2 Å². The molecular weight excluding hydrogens is 217 g/mol. The predicted molar refractivity (Wildman–Crippen MR) is 55.8 cm³/mol. The average Bonchev–Trinajstić information content (AvgIpc) is 2.15. The fourth-order valence-electron chi connectivity index (χ4n) is 1.37. The summed E-state index contributed by atoms with van der Waals surface area (Å²) in [6.07, 6.45) is -5.04. The van der Waals surface area contributed by atoms with Crippen LogP contribution in [0.4, 0.5) is 13.2 Å². The van der Waals surface area contributed by atoms with Crippen LogP contribution in [0, 0.1) is 0 Å². The number of hydrogen-bond donors (Lipinski definition) is 1. The van der Waals surface area contributed by atoms with Crippen LogP contribution in [0.2, 0.25) is 0 Å². The molecule has 0 radical (unpaired) electrons. The van der Waals surface area contributed by atoms with Crippen LogP contribution in [0.3, 0.4) is 0 Å². The molecule has 1 aromatic carbocycles. The Bertz CT molecular complexity index is 382. The van der Waals surface area contributed by atoms with Crippen LogP contribution in [0.15, 0.2) is 36.4 Å². The van der Waals surface area contributed by atoms with Gasteiger partial charge in [0.2, 0.25) is 0 Å². The standard InChI is InChI=1S/C12H13F3O/c1-8(2)6-11(16)9-4-3-5-10(7-9)12(13,14)15/h3-5,7,11,16H,1,6H2,2H3. The zero-order valence-corrected chi connectivity index (χ0v) is 8.88. The van der Waals surface area contributed by atoms with Crippen molar-refractivity contribution < 1.29 is 18.3 Å². The number of rotatable bonds is 3. The number of hydrogen-bond acceptors (Lipinski definition) is 1. The fourth-order valence-corrected chi connectivity index (χ4v) is 1.37. The summed E-state index contributed by atoms with van der Waals surface area (Å²) in [6, 6.07) is 4.72. The molecule has 0 amide bonds. The van der Waals surface area contributed by atoms with Crippen LogP contribution in [0.25, 0.3) is 0 Å². The van der Waals surface area contributed by atoms with Crippen molar-refractivity contribution in [1.82, 2.24) is 0 Å². The normalized spacial score (nSPS) is 13.6. The lowest BCUT2D eigenvalue weighted by Crippen LogP contribution is -2.06. The maximum atomic E-state index is 12.4. The van der Waals surface area contributed by atoms with Crippen molar-refractivity contribution in [3.63, 3.8) is 0 Å². The third kappa shape index (κ3) is 3.38. The Labute approximate surface area is 92.2 Å². The average molecular weight is 230 g/mol. The molecule has 1 aromatic rings. The molecule has 0 heterocycles. The van der Waals surface area contributed by atoms with E-state index in [1.807, 2.05) is 0 Å². The van der Waals surface area contributed by atoms with Crippen molar-refractivity contribution in [2.45, 2.75) is 25.6 Å². The number of alkyl halides is 3. The molecule has 0 fully saturated rings. The Morgan fingerprint density at radius 3 is 2.56 bits per heavy atom. The number of aliphatic hydroxyl groups excluding tert-OH is 1. The maximum Gasteiger partial charge on any atom is 0.416 e. The highest BCUT2D eigenvalue weighted by atomic mass is 19.4. The molecule has 0 aliphatic heterocycles. The lowest BCUT2D eigenvalue weighted by atomic mass is 10.0. The minimum Gasteiger partial charge on any atom is -0.388 e. The predicted octanol–water partition coefficient (Wildman–Crippen LogP) is 3.71. The van der Waals surface area contributed by atoms with Gasteiger partial charge in [-0.1, -0.05) is 17.7 Å². The van der Waals surface area contributed by atoms with Crippen molar-refractivity contribution in [3.8, 4) is 0 Å². The van der Waals surface area contributed by atoms with Gasteiger partial charge in [0.1, 0.15) is 0 Å². The minimum atomic E-state index is -4.38. The quantitative estimate of drug-likeness (QED) is 0.785. The van der Waals surface area contributed by atoms with Gasteiger partial charge in [-0.3, -0.25) is 0 Å². The van der Waals surface area contributed by atoms with Gasteiger partial charge < -0.3 is 5.11 Å². The molecule has 0 saturated carbocycles. The van der Waals surface area contributed by atoms with E-state index in [4.69, 9.17) is 0 Å². The van der Waals surface area contributed by atoms with Gasteiger partial charge in [0.25, 0.3) is 0 Å². The van der Waals surface area contributed by atoms with E-state index in [-0.39, 0.29) is 12.0 Å². The summed E-state index contributed by atoms with van der Waals surface area (Å²) < 4.78 is 37.2. The fraction of sp³-hybridized carbons (Fsp3) is 0.333. The van der Waals surface area contributed by atoms with Crippen molar-refractivity contribution in [1.29, 1.82) is 0 Å². The Morgan fingerprint density at radius 1 is 1.44 bits per heavy atom. The Balaban J connectivity index is 2.94. The summed E-state index contributed by atoms with van der Waals surface area (Å²) in [5.41, 5.74) is 0.244. The van der Waals surface area contributed by atoms with E-state index >= 15 is 0 Å². The topological polar surface area (TPSA) is 20.2 Å². The zero-order chi connectivity index (χ0) is 12.3. The zero-order valence-electron chi connectivity index (χ0n) is 8.88. The smallest absolute Gasteiger partial charge is 0.388 e. The second-order valence-corrected chi connectivity index (χ2v) is 3.80. The molecule has 1 N–H and O–H groups in total. The molecule has 0 bridgehead atoms. The first-order valence-corrected chi connectivity index (χ1v) is 4.80. The van der Waals surface area contributed by atoms with Crippen molar-refractivity contribution in [2.24, 2.45) is 0 Å². The van der Waals surface area contributed by atoms with E-state index in [2.05, 4.69) is 6.58 Å². The van der Waals surface area contributed by atoms with Gasteiger partial charge >= 0.3 is 6.18 Å². The van der Waals surface area contributed by atoms with Crippen LogP contribution in [0.5, 0.6) is 0 Å². The highest BCUT2D eigenvalue weighted by molar-refractivity contribution is 5.27. The summed E-state index contributed by atoms with van der Waals surface area (Å²) in [6.45, 7) is 5.33. The molecule has 1 unspecified atom stereocenters. The monoisotopic (exact) mass is 230 g/mol. The van der Waals surface area contributed by atoms with E-state index in [0.29, 0.717) is 0 Å². The number of benzene rings is 1. The minimum absolute atomic E-state index is 0.262. The largest absolute Gasteiger partial charge is 0.416 e. The highest BCUT2D eigenvalue weighted by Crippen LogP contribution is 2.31. The summed E-state index contributed by atoms with van der Waals surface area (Å²) in [4.78, 5) is 0. The molecule has 0 aliphatic rings. The molecule has 1 atom stereocenters. The van der Waals surface area contributed by atoms with Gasteiger partial charge in [-0.25, -0.2) is 0 Å². The Kier molecular flexibility index (Phi) is 3.75. The highest BCUT2D eigenvalue weighted by Gasteiger charge is 2.30. The molecule has 16 heavy (non-hydrogen) atoms. The van der Waals surface area contributed by atoms with E-state index in [9.17, 15) is 18.3 Å².